The maximum atomic E-state index is 12.8. The number of sulfone groups is 1. The van der Waals surface area contributed by atoms with Crippen molar-refractivity contribution in [3.8, 4) is 0 Å². The Labute approximate surface area is 109 Å². The van der Waals surface area contributed by atoms with Crippen LogP contribution in [-0.4, -0.2) is 32.7 Å². The van der Waals surface area contributed by atoms with Gasteiger partial charge in [0, 0.05) is 12.8 Å². The van der Waals surface area contributed by atoms with Crippen LogP contribution in [0, 0.1) is 0 Å². The van der Waals surface area contributed by atoms with Crippen LogP contribution < -0.4 is 0 Å². The van der Waals surface area contributed by atoms with Gasteiger partial charge >= 0.3 is 5.97 Å². The first-order chi connectivity index (χ1) is 8.76. The van der Waals surface area contributed by atoms with Crippen molar-refractivity contribution < 1.29 is 26.7 Å². The Morgan fingerprint density at radius 1 is 1.37 bits per heavy atom. The topological polar surface area (TPSA) is 60.4 Å². The average Bonchev–Trinajstić information content (AvgIpc) is 2.35. The predicted molar refractivity (Wildman–Crippen MR) is 62.9 cm³/mol. The molecule has 1 fully saturated rings. The van der Waals surface area contributed by atoms with Crippen molar-refractivity contribution in [2.75, 3.05) is 7.11 Å². The fraction of sp³-hybridized carbons (Fsp3) is 0.417. The number of rotatable bonds is 3. The average molecular weight is 290 g/mol. The molecule has 7 heteroatoms. The molecule has 0 aromatic heterocycles. The number of hydrogen-bond donors (Lipinski definition) is 0. The van der Waals surface area contributed by atoms with Gasteiger partial charge in [-0.1, -0.05) is 6.07 Å². The smallest absolute Gasteiger partial charge is 0.337 e. The van der Waals surface area contributed by atoms with Crippen LogP contribution in [-0.2, 0) is 14.6 Å². The molecule has 1 aromatic rings. The molecular formula is C12H12F2O4S. The first-order valence-electron chi connectivity index (χ1n) is 5.56. The highest BCUT2D eigenvalue weighted by molar-refractivity contribution is 7.92. The molecule has 0 atom stereocenters. The van der Waals surface area contributed by atoms with Crippen LogP contribution in [0.15, 0.2) is 29.2 Å². The molecule has 0 radical (unpaired) electrons. The zero-order valence-corrected chi connectivity index (χ0v) is 10.9. The summed E-state index contributed by atoms with van der Waals surface area (Å²) >= 11 is 0. The molecule has 4 nitrogen and oxygen atoms in total. The molecule has 1 aliphatic rings. The second-order valence-electron chi connectivity index (χ2n) is 4.45. The number of hydrogen-bond acceptors (Lipinski definition) is 4. The maximum absolute atomic E-state index is 12.8. The first kappa shape index (κ1) is 13.9. The predicted octanol–water partition coefficient (Wildman–Crippen LogP) is 2.04. The number of carbonyl (C=O) groups is 1. The summed E-state index contributed by atoms with van der Waals surface area (Å²) in [5.41, 5.74) is 0.0784. The van der Waals surface area contributed by atoms with Crippen molar-refractivity contribution in [2.45, 2.75) is 28.9 Å². The van der Waals surface area contributed by atoms with Gasteiger partial charge in [0.25, 0.3) is 5.92 Å². The molecular weight excluding hydrogens is 278 g/mol. The number of esters is 1. The van der Waals surface area contributed by atoms with E-state index in [1.54, 1.807) is 0 Å². The molecule has 0 heterocycles. The van der Waals surface area contributed by atoms with E-state index in [1.165, 1.54) is 25.3 Å². The van der Waals surface area contributed by atoms with E-state index in [4.69, 9.17) is 0 Å². The third-order valence-electron chi connectivity index (χ3n) is 3.08. The van der Waals surface area contributed by atoms with Gasteiger partial charge in [-0.15, -0.1) is 0 Å². The van der Waals surface area contributed by atoms with E-state index in [-0.39, 0.29) is 10.5 Å². The molecule has 2 rings (SSSR count). The monoisotopic (exact) mass is 290 g/mol. The van der Waals surface area contributed by atoms with Gasteiger partial charge in [-0.3, -0.25) is 0 Å². The van der Waals surface area contributed by atoms with Crippen LogP contribution in [0.5, 0.6) is 0 Å². The summed E-state index contributed by atoms with van der Waals surface area (Å²) in [5.74, 6) is -3.58. The highest BCUT2D eigenvalue weighted by Gasteiger charge is 2.51. The Balaban J connectivity index is 2.29. The summed E-state index contributed by atoms with van der Waals surface area (Å²) in [6.07, 6.45) is -1.34. The molecule has 0 unspecified atom stereocenters. The quantitative estimate of drug-likeness (QED) is 0.799. The Morgan fingerprint density at radius 3 is 2.53 bits per heavy atom. The first-order valence-corrected chi connectivity index (χ1v) is 7.11. The summed E-state index contributed by atoms with van der Waals surface area (Å²) in [4.78, 5) is 11.2. The summed E-state index contributed by atoms with van der Waals surface area (Å²) in [5, 5.41) is -1.09. The molecule has 0 saturated heterocycles. The van der Waals surface area contributed by atoms with Crippen molar-refractivity contribution in [1.29, 1.82) is 0 Å². The van der Waals surface area contributed by atoms with Crippen molar-refractivity contribution in [3.05, 3.63) is 29.8 Å². The minimum absolute atomic E-state index is 0.0784. The van der Waals surface area contributed by atoms with E-state index in [0.717, 1.165) is 6.07 Å². The van der Waals surface area contributed by atoms with Crippen molar-refractivity contribution in [1.82, 2.24) is 0 Å². The largest absolute Gasteiger partial charge is 0.465 e. The van der Waals surface area contributed by atoms with Crippen LogP contribution in [0.4, 0.5) is 8.78 Å². The van der Waals surface area contributed by atoms with Crippen molar-refractivity contribution >= 4 is 15.8 Å². The minimum Gasteiger partial charge on any atom is -0.465 e. The molecule has 0 aliphatic heterocycles. The zero-order chi connectivity index (χ0) is 14.3. The number of methoxy groups -OCH3 is 1. The molecule has 1 saturated carbocycles. The number of ether oxygens (including phenoxy) is 1. The number of carbonyl (C=O) groups excluding carboxylic acids is 1. The van der Waals surface area contributed by atoms with Gasteiger partial charge in [0.1, 0.15) is 0 Å². The number of alkyl halides is 2. The fourth-order valence-corrected chi connectivity index (χ4v) is 3.81. The third-order valence-corrected chi connectivity index (χ3v) is 5.20. The van der Waals surface area contributed by atoms with Gasteiger partial charge in [-0.2, -0.15) is 0 Å². The lowest BCUT2D eigenvalue weighted by Crippen LogP contribution is -2.44. The van der Waals surface area contributed by atoms with E-state index in [2.05, 4.69) is 4.74 Å². The third kappa shape index (κ3) is 2.60. The van der Waals surface area contributed by atoms with Gasteiger partial charge < -0.3 is 4.74 Å². The van der Waals surface area contributed by atoms with Gasteiger partial charge in [0.15, 0.2) is 9.84 Å². The lowest BCUT2D eigenvalue weighted by atomic mass is 9.94. The highest BCUT2D eigenvalue weighted by Crippen LogP contribution is 2.43. The van der Waals surface area contributed by atoms with Crippen molar-refractivity contribution in [3.63, 3.8) is 0 Å². The van der Waals surface area contributed by atoms with Crippen LogP contribution in [0.1, 0.15) is 23.2 Å². The summed E-state index contributed by atoms with van der Waals surface area (Å²) in [7, 11) is -2.65. The Kier molecular flexibility index (Phi) is 3.34. The SMILES string of the molecule is COC(=O)c1cccc(S(=O)(=O)C2CC(F)(F)C2)c1. The van der Waals surface area contributed by atoms with Crippen LogP contribution in [0.3, 0.4) is 0 Å². The molecule has 0 amide bonds. The molecule has 1 aliphatic carbocycles. The molecule has 0 bridgehead atoms. The van der Waals surface area contributed by atoms with Gasteiger partial charge in [-0.05, 0) is 18.2 Å². The molecule has 104 valence electrons. The van der Waals surface area contributed by atoms with Gasteiger partial charge in [0.2, 0.25) is 0 Å². The zero-order valence-electron chi connectivity index (χ0n) is 10.1. The standard InChI is InChI=1S/C12H12F2O4S/c1-18-11(15)8-3-2-4-9(5-8)19(16,17)10-6-12(13,14)7-10/h2-5,10H,6-7H2,1H3. The Bertz CT molecular complexity index is 602. The molecule has 0 spiro atoms. The second kappa shape index (κ2) is 4.56. The van der Waals surface area contributed by atoms with E-state index in [1.807, 2.05) is 0 Å². The minimum atomic E-state index is -3.83. The summed E-state index contributed by atoms with van der Waals surface area (Å²) < 4.78 is 54.2. The maximum Gasteiger partial charge on any atom is 0.337 e. The lowest BCUT2D eigenvalue weighted by Gasteiger charge is -2.34. The van der Waals surface area contributed by atoms with E-state index < -0.39 is 39.8 Å². The van der Waals surface area contributed by atoms with Crippen molar-refractivity contribution in [2.24, 2.45) is 0 Å². The highest BCUT2D eigenvalue weighted by atomic mass is 32.2. The Morgan fingerprint density at radius 2 is 2.00 bits per heavy atom. The summed E-state index contributed by atoms with van der Waals surface area (Å²) in [6, 6.07) is 5.23. The van der Waals surface area contributed by atoms with Gasteiger partial charge in [-0.25, -0.2) is 22.0 Å². The summed E-state index contributed by atoms with van der Waals surface area (Å²) in [6.45, 7) is 0. The van der Waals surface area contributed by atoms with Gasteiger partial charge in [0.05, 0.1) is 22.8 Å². The fourth-order valence-electron chi connectivity index (χ4n) is 1.94. The second-order valence-corrected chi connectivity index (χ2v) is 6.68. The Hall–Kier alpha value is -1.50. The van der Waals surface area contributed by atoms with E-state index in [9.17, 15) is 22.0 Å². The molecule has 0 N–H and O–H groups in total. The van der Waals surface area contributed by atoms with E-state index >= 15 is 0 Å². The normalized spacial score (nSPS) is 18.7. The lowest BCUT2D eigenvalue weighted by molar-refractivity contribution is -0.0685. The van der Waals surface area contributed by atoms with E-state index in [0.29, 0.717) is 0 Å². The van der Waals surface area contributed by atoms with Crippen LogP contribution in [0.25, 0.3) is 0 Å². The molecule has 1 aromatic carbocycles. The number of benzene rings is 1. The molecule has 19 heavy (non-hydrogen) atoms. The number of halogens is 2. The van der Waals surface area contributed by atoms with Crippen LogP contribution >= 0.6 is 0 Å². The van der Waals surface area contributed by atoms with Crippen LogP contribution in [0.2, 0.25) is 0 Å².